The highest BCUT2D eigenvalue weighted by Crippen LogP contribution is 2.44. The molecule has 0 saturated carbocycles. The van der Waals surface area contributed by atoms with E-state index in [0.29, 0.717) is 13.1 Å². The second-order valence-corrected chi connectivity index (χ2v) is 9.54. The van der Waals surface area contributed by atoms with Crippen LogP contribution in [-0.2, 0) is 32.0 Å². The van der Waals surface area contributed by atoms with Crippen molar-refractivity contribution in [2.45, 2.75) is 58.3 Å². The van der Waals surface area contributed by atoms with E-state index >= 15 is 0 Å². The van der Waals surface area contributed by atoms with Gasteiger partial charge in [-0.1, -0.05) is 91.0 Å². The van der Waals surface area contributed by atoms with Crippen molar-refractivity contribution >= 4 is 0 Å². The molecule has 0 amide bonds. The quantitative estimate of drug-likeness (QED) is 0.448. The normalized spacial score (nSPS) is 28.5. The lowest BCUT2D eigenvalue weighted by Gasteiger charge is -2.53. The smallest absolute Gasteiger partial charge is 0.204 e. The van der Waals surface area contributed by atoms with Crippen molar-refractivity contribution in [1.29, 1.82) is 0 Å². The van der Waals surface area contributed by atoms with Gasteiger partial charge in [0.1, 0.15) is 6.17 Å². The molecule has 0 aromatic heterocycles. The van der Waals surface area contributed by atoms with E-state index < -0.39 is 12.6 Å². The highest BCUT2D eigenvalue weighted by molar-refractivity contribution is 5.32. The number of hydrogen-bond acceptors (Lipinski definition) is 6. The fourth-order valence-corrected chi connectivity index (χ4v) is 5.32. The van der Waals surface area contributed by atoms with Gasteiger partial charge in [0.2, 0.25) is 6.29 Å². The summed E-state index contributed by atoms with van der Waals surface area (Å²) in [7, 11) is 0. The molecule has 3 aromatic rings. The second kappa shape index (κ2) is 10.2. The van der Waals surface area contributed by atoms with E-state index in [-0.39, 0.29) is 18.7 Å². The summed E-state index contributed by atoms with van der Waals surface area (Å²) in [6.45, 7) is 6.02. The third kappa shape index (κ3) is 4.71. The van der Waals surface area contributed by atoms with Crippen molar-refractivity contribution < 1.29 is 18.9 Å². The monoisotopic (exact) mass is 484 g/mol. The van der Waals surface area contributed by atoms with Gasteiger partial charge in [-0.3, -0.25) is 4.90 Å². The molecular weight excluding hydrogens is 452 g/mol. The van der Waals surface area contributed by atoms with Crippen LogP contribution < -0.4 is 0 Å². The van der Waals surface area contributed by atoms with Crippen LogP contribution in [0.5, 0.6) is 0 Å². The minimum Gasteiger partial charge on any atom is -0.346 e. The Morgan fingerprint density at radius 3 is 1.69 bits per heavy atom. The summed E-state index contributed by atoms with van der Waals surface area (Å²) in [6.07, 6.45) is -1.34. The summed E-state index contributed by atoms with van der Waals surface area (Å²) in [5.74, 6) is 0. The Labute approximate surface area is 212 Å². The molecule has 0 aliphatic carbocycles. The van der Waals surface area contributed by atoms with Gasteiger partial charge in [-0.05, 0) is 30.5 Å². The molecule has 3 heterocycles. The molecule has 6 heteroatoms. The van der Waals surface area contributed by atoms with Gasteiger partial charge in [-0.15, -0.1) is 0 Å². The Bertz CT molecular complexity index is 1180. The molecule has 3 aromatic carbocycles. The van der Waals surface area contributed by atoms with E-state index in [1.54, 1.807) is 0 Å². The van der Waals surface area contributed by atoms with Crippen LogP contribution in [0.15, 0.2) is 102 Å². The topological polar surface area (TPSA) is 43.4 Å². The lowest BCUT2D eigenvalue weighted by atomic mass is 9.98. The molecule has 3 aliphatic heterocycles. The van der Waals surface area contributed by atoms with E-state index in [4.69, 9.17) is 18.9 Å². The molecule has 186 valence electrons. The van der Waals surface area contributed by atoms with Gasteiger partial charge in [0.05, 0.1) is 5.70 Å². The van der Waals surface area contributed by atoms with Gasteiger partial charge in [0.15, 0.2) is 18.9 Å². The summed E-state index contributed by atoms with van der Waals surface area (Å²) in [5.41, 5.74) is 5.76. The highest BCUT2D eigenvalue weighted by atomic mass is 16.9. The van der Waals surface area contributed by atoms with Crippen LogP contribution in [-0.4, -0.2) is 41.5 Å². The van der Waals surface area contributed by atoms with E-state index in [1.807, 2.05) is 13.8 Å². The first-order chi connectivity index (χ1) is 17.7. The van der Waals surface area contributed by atoms with Crippen molar-refractivity contribution in [3.8, 4) is 0 Å². The number of rotatable bonds is 7. The SMILES string of the molecule is CC1OC(C2=C(C3OC(C)O3)N(Cc3ccccc3)C(c3ccccc3)N(Cc3ccccc3)C2)O1. The molecule has 3 aliphatic rings. The lowest BCUT2D eigenvalue weighted by Crippen LogP contribution is -2.56. The minimum atomic E-state index is -0.452. The molecular formula is C30H32N2O4. The summed E-state index contributed by atoms with van der Waals surface area (Å²) >= 11 is 0. The summed E-state index contributed by atoms with van der Waals surface area (Å²) < 4.78 is 24.3. The third-order valence-corrected chi connectivity index (χ3v) is 6.94. The Balaban J connectivity index is 1.47. The van der Waals surface area contributed by atoms with E-state index in [9.17, 15) is 0 Å². The molecule has 6 rings (SSSR count). The number of ether oxygens (including phenoxy) is 4. The van der Waals surface area contributed by atoms with Crippen molar-refractivity contribution in [1.82, 2.24) is 9.80 Å². The molecule has 36 heavy (non-hydrogen) atoms. The number of benzene rings is 3. The highest BCUT2D eigenvalue weighted by Gasteiger charge is 2.47. The Morgan fingerprint density at radius 1 is 0.639 bits per heavy atom. The fourth-order valence-electron chi connectivity index (χ4n) is 5.32. The summed E-state index contributed by atoms with van der Waals surface area (Å²) in [5, 5.41) is 0. The first-order valence-electron chi connectivity index (χ1n) is 12.6. The first-order valence-corrected chi connectivity index (χ1v) is 12.6. The molecule has 2 saturated heterocycles. The third-order valence-electron chi connectivity index (χ3n) is 6.94. The zero-order valence-electron chi connectivity index (χ0n) is 20.7. The van der Waals surface area contributed by atoms with Crippen LogP contribution in [0.1, 0.15) is 36.7 Å². The number of nitrogens with zero attached hydrogens (tertiary/aromatic N) is 2. The molecule has 2 fully saturated rings. The predicted molar refractivity (Wildman–Crippen MR) is 136 cm³/mol. The Hall–Kier alpha value is -3.00. The standard InChI is InChI=1S/C30H32N2O4/c1-21-33-29(34-21)26-20-31(18-23-12-6-3-7-13-23)28(25-16-10-5-11-17-25)32(19-24-14-8-4-9-15-24)27(26)30-35-22(2)36-30/h3-17,21-22,28-30H,18-20H2,1-2H3. The number of hydrogen-bond donors (Lipinski definition) is 0. The largest absolute Gasteiger partial charge is 0.346 e. The molecule has 1 atom stereocenters. The Kier molecular flexibility index (Phi) is 6.61. The van der Waals surface area contributed by atoms with Crippen molar-refractivity contribution in [2.75, 3.05) is 6.54 Å². The zero-order valence-corrected chi connectivity index (χ0v) is 20.7. The van der Waals surface area contributed by atoms with E-state index in [1.165, 1.54) is 16.7 Å². The molecule has 0 spiro atoms. The van der Waals surface area contributed by atoms with Crippen LogP contribution >= 0.6 is 0 Å². The lowest BCUT2D eigenvalue weighted by molar-refractivity contribution is -0.376. The molecule has 6 nitrogen and oxygen atoms in total. The molecule has 1 unspecified atom stereocenters. The van der Waals surface area contributed by atoms with Gasteiger partial charge < -0.3 is 23.8 Å². The summed E-state index contributed by atoms with van der Waals surface area (Å²) in [6, 6.07) is 31.8. The van der Waals surface area contributed by atoms with Crippen LogP contribution in [0.2, 0.25) is 0 Å². The minimum absolute atomic E-state index is 0.0223. The van der Waals surface area contributed by atoms with Crippen LogP contribution in [0.25, 0.3) is 0 Å². The van der Waals surface area contributed by atoms with Crippen molar-refractivity contribution in [2.24, 2.45) is 0 Å². The van der Waals surface area contributed by atoms with Crippen LogP contribution in [0.4, 0.5) is 0 Å². The van der Waals surface area contributed by atoms with Crippen LogP contribution in [0.3, 0.4) is 0 Å². The molecule has 0 N–H and O–H groups in total. The van der Waals surface area contributed by atoms with E-state index in [2.05, 4.69) is 101 Å². The molecule has 0 radical (unpaired) electrons. The van der Waals surface area contributed by atoms with Gasteiger partial charge in [-0.2, -0.15) is 0 Å². The van der Waals surface area contributed by atoms with Gasteiger partial charge in [0.25, 0.3) is 0 Å². The Morgan fingerprint density at radius 2 is 1.14 bits per heavy atom. The summed E-state index contributed by atoms with van der Waals surface area (Å²) in [4.78, 5) is 4.91. The zero-order chi connectivity index (χ0) is 24.5. The van der Waals surface area contributed by atoms with E-state index in [0.717, 1.165) is 17.8 Å². The van der Waals surface area contributed by atoms with Gasteiger partial charge in [-0.25, -0.2) is 0 Å². The van der Waals surface area contributed by atoms with Crippen molar-refractivity contribution in [3.05, 3.63) is 119 Å². The maximum Gasteiger partial charge on any atom is 0.204 e. The van der Waals surface area contributed by atoms with Crippen LogP contribution in [0, 0.1) is 0 Å². The first kappa shape index (κ1) is 23.4. The van der Waals surface area contributed by atoms with Crippen molar-refractivity contribution in [3.63, 3.8) is 0 Å². The predicted octanol–water partition coefficient (Wildman–Crippen LogP) is 5.40. The molecule has 0 bridgehead atoms. The average Bonchev–Trinajstić information content (AvgIpc) is 2.87. The maximum absolute atomic E-state index is 6.11. The van der Waals surface area contributed by atoms with Gasteiger partial charge >= 0.3 is 0 Å². The second-order valence-electron chi connectivity index (χ2n) is 9.54. The maximum atomic E-state index is 6.11. The average molecular weight is 485 g/mol. The fraction of sp³-hybridized carbons (Fsp3) is 0.333. The van der Waals surface area contributed by atoms with Gasteiger partial charge in [0, 0.05) is 25.2 Å².